The van der Waals surface area contributed by atoms with Crippen LogP contribution in [0.15, 0.2) is 66.7 Å². The maximum Gasteiger partial charge on any atom is 0.332 e. The van der Waals surface area contributed by atoms with Crippen molar-refractivity contribution in [3.05, 3.63) is 82.3 Å². The standard InChI is InChI=1S/C32H34Cl2N4O2/c1-2-37-31(40)38(29-21-27(33)26(20-28(29)34)24-8-4-3-5-9-24)30(39)32(37)14-18-35(19-15-32)22-23-10-12-25(13-11-23)36-16-6-7-17-36/h3-5,8-13,20-21H,2,6-7,14-19,22H2,1H3. The molecule has 40 heavy (non-hydrogen) atoms. The van der Waals surface area contributed by atoms with Gasteiger partial charge in [0.2, 0.25) is 0 Å². The molecule has 3 aliphatic rings. The zero-order valence-electron chi connectivity index (χ0n) is 22.8. The number of hydrogen-bond acceptors (Lipinski definition) is 4. The van der Waals surface area contributed by atoms with Crippen LogP contribution in [0.3, 0.4) is 0 Å². The second-order valence-corrected chi connectivity index (χ2v) is 11.8. The van der Waals surface area contributed by atoms with Crippen LogP contribution in [0.2, 0.25) is 10.0 Å². The highest BCUT2D eigenvalue weighted by atomic mass is 35.5. The molecule has 0 radical (unpaired) electrons. The van der Waals surface area contributed by atoms with Gasteiger partial charge in [-0.3, -0.25) is 9.69 Å². The van der Waals surface area contributed by atoms with E-state index in [-0.39, 0.29) is 11.9 Å². The van der Waals surface area contributed by atoms with Crippen LogP contribution in [0, 0.1) is 0 Å². The van der Waals surface area contributed by atoms with E-state index in [0.717, 1.165) is 43.9 Å². The Balaban J connectivity index is 1.19. The lowest BCUT2D eigenvalue weighted by atomic mass is 9.85. The zero-order chi connectivity index (χ0) is 27.9. The molecule has 0 atom stereocenters. The lowest BCUT2D eigenvalue weighted by Crippen LogP contribution is -2.56. The minimum Gasteiger partial charge on any atom is -0.372 e. The minimum absolute atomic E-state index is 0.209. The molecule has 0 saturated carbocycles. The van der Waals surface area contributed by atoms with Gasteiger partial charge in [-0.05, 0) is 68.0 Å². The van der Waals surface area contributed by atoms with E-state index < -0.39 is 5.54 Å². The number of halogens is 2. The average molecular weight is 578 g/mol. The molecule has 3 aliphatic heterocycles. The predicted octanol–water partition coefficient (Wildman–Crippen LogP) is 7.08. The van der Waals surface area contributed by atoms with Gasteiger partial charge < -0.3 is 9.80 Å². The molecule has 3 aromatic carbocycles. The van der Waals surface area contributed by atoms with E-state index in [0.29, 0.717) is 35.1 Å². The highest BCUT2D eigenvalue weighted by Gasteiger charge is 2.58. The third-order valence-corrected chi connectivity index (χ3v) is 9.33. The monoisotopic (exact) mass is 576 g/mol. The van der Waals surface area contributed by atoms with Crippen LogP contribution in [0.25, 0.3) is 11.1 Å². The second kappa shape index (κ2) is 11.1. The topological polar surface area (TPSA) is 47.1 Å². The van der Waals surface area contributed by atoms with E-state index in [1.807, 2.05) is 37.3 Å². The number of carbonyl (C=O) groups is 2. The van der Waals surface area contributed by atoms with Crippen molar-refractivity contribution in [1.29, 1.82) is 0 Å². The molecule has 0 aromatic heterocycles. The summed E-state index contributed by atoms with van der Waals surface area (Å²) >= 11 is 13.4. The van der Waals surface area contributed by atoms with Crippen molar-refractivity contribution < 1.29 is 9.59 Å². The Morgan fingerprint density at radius 3 is 2.15 bits per heavy atom. The molecule has 208 valence electrons. The first-order valence-corrected chi connectivity index (χ1v) is 14.9. The lowest BCUT2D eigenvalue weighted by Gasteiger charge is -2.42. The summed E-state index contributed by atoms with van der Waals surface area (Å²) in [5, 5.41) is 0.772. The molecule has 6 nitrogen and oxygen atoms in total. The van der Waals surface area contributed by atoms with Crippen molar-refractivity contribution in [2.75, 3.05) is 42.5 Å². The molecular formula is C32H34Cl2N4O2. The number of rotatable bonds is 6. The van der Waals surface area contributed by atoms with E-state index in [1.54, 1.807) is 17.0 Å². The van der Waals surface area contributed by atoms with Crippen molar-refractivity contribution in [2.24, 2.45) is 0 Å². The molecule has 1 spiro atoms. The second-order valence-electron chi connectivity index (χ2n) is 11.0. The van der Waals surface area contributed by atoms with Crippen LogP contribution in [0.5, 0.6) is 0 Å². The summed E-state index contributed by atoms with van der Waals surface area (Å²) in [5.41, 5.74) is 3.72. The molecule has 0 unspecified atom stereocenters. The van der Waals surface area contributed by atoms with Crippen molar-refractivity contribution in [1.82, 2.24) is 9.80 Å². The Kier molecular flexibility index (Phi) is 7.51. The minimum atomic E-state index is -0.865. The molecule has 3 amide bonds. The van der Waals surface area contributed by atoms with Crippen LogP contribution < -0.4 is 9.80 Å². The Labute approximate surface area is 246 Å². The molecule has 3 fully saturated rings. The van der Waals surface area contributed by atoms with Gasteiger partial charge >= 0.3 is 6.03 Å². The van der Waals surface area contributed by atoms with E-state index in [9.17, 15) is 9.59 Å². The van der Waals surface area contributed by atoms with Gasteiger partial charge in [0.25, 0.3) is 5.91 Å². The molecular weight excluding hydrogens is 543 g/mol. The maximum atomic E-state index is 14.0. The number of likely N-dealkylation sites (N-methyl/N-ethyl adjacent to an activating group) is 1. The summed E-state index contributed by atoms with van der Waals surface area (Å²) in [6.07, 6.45) is 3.70. The van der Waals surface area contributed by atoms with Crippen molar-refractivity contribution in [3.8, 4) is 11.1 Å². The highest BCUT2D eigenvalue weighted by Crippen LogP contribution is 2.44. The average Bonchev–Trinajstić information content (AvgIpc) is 3.58. The fourth-order valence-electron chi connectivity index (χ4n) is 6.52. The van der Waals surface area contributed by atoms with Crippen LogP contribution in [0.4, 0.5) is 16.2 Å². The Morgan fingerprint density at radius 2 is 1.50 bits per heavy atom. The van der Waals surface area contributed by atoms with E-state index in [2.05, 4.69) is 34.1 Å². The summed E-state index contributed by atoms with van der Waals surface area (Å²) in [5.74, 6) is -0.209. The molecule has 0 bridgehead atoms. The van der Waals surface area contributed by atoms with Crippen molar-refractivity contribution in [2.45, 2.75) is 44.7 Å². The Morgan fingerprint density at radius 1 is 0.825 bits per heavy atom. The van der Waals surface area contributed by atoms with Gasteiger partial charge in [0.05, 0.1) is 15.7 Å². The van der Waals surface area contributed by atoms with E-state index >= 15 is 0 Å². The molecule has 3 saturated heterocycles. The van der Waals surface area contributed by atoms with Gasteiger partial charge in [0.1, 0.15) is 5.54 Å². The number of urea groups is 1. The summed E-state index contributed by atoms with van der Waals surface area (Å²) in [6, 6.07) is 21.6. The predicted molar refractivity (Wildman–Crippen MR) is 162 cm³/mol. The van der Waals surface area contributed by atoms with Gasteiger partial charge in [-0.15, -0.1) is 0 Å². The van der Waals surface area contributed by atoms with Gasteiger partial charge in [-0.1, -0.05) is 65.7 Å². The van der Waals surface area contributed by atoms with Crippen LogP contribution in [-0.4, -0.2) is 60.0 Å². The van der Waals surface area contributed by atoms with Gasteiger partial charge in [-0.25, -0.2) is 9.69 Å². The Bertz CT molecular complexity index is 1400. The number of likely N-dealkylation sites (tertiary alicyclic amines) is 1. The van der Waals surface area contributed by atoms with Crippen LogP contribution in [0.1, 0.15) is 38.2 Å². The number of anilines is 2. The first kappa shape index (κ1) is 27.1. The smallest absolute Gasteiger partial charge is 0.332 e. The Hall–Kier alpha value is -3.06. The summed E-state index contributed by atoms with van der Waals surface area (Å²) < 4.78 is 0. The largest absolute Gasteiger partial charge is 0.372 e. The maximum absolute atomic E-state index is 14.0. The third kappa shape index (κ3) is 4.76. The van der Waals surface area contributed by atoms with E-state index in [4.69, 9.17) is 23.2 Å². The molecule has 3 heterocycles. The molecule has 8 heteroatoms. The fraction of sp³-hybridized carbons (Fsp3) is 0.375. The molecule has 0 N–H and O–H groups in total. The fourth-order valence-corrected chi connectivity index (χ4v) is 7.04. The van der Waals surface area contributed by atoms with Gasteiger partial charge in [0, 0.05) is 50.5 Å². The van der Waals surface area contributed by atoms with Gasteiger partial charge in [-0.2, -0.15) is 0 Å². The summed E-state index contributed by atoms with van der Waals surface area (Å²) in [6.45, 7) is 6.96. The lowest BCUT2D eigenvalue weighted by molar-refractivity contribution is -0.127. The molecule has 0 aliphatic carbocycles. The third-order valence-electron chi connectivity index (χ3n) is 8.72. The SMILES string of the molecule is CCN1C(=O)N(c2cc(Cl)c(-c3ccccc3)cc2Cl)C(=O)C12CCN(Cc1ccc(N3CCCC3)cc1)CC2. The first-order chi connectivity index (χ1) is 19.4. The normalized spacial score (nSPS) is 19.3. The number of benzene rings is 3. The number of amides is 3. The van der Waals surface area contributed by atoms with Crippen LogP contribution in [-0.2, 0) is 11.3 Å². The summed E-state index contributed by atoms with van der Waals surface area (Å²) in [7, 11) is 0. The number of piperidine rings is 1. The number of imide groups is 1. The van der Waals surface area contributed by atoms with Crippen molar-refractivity contribution in [3.63, 3.8) is 0 Å². The van der Waals surface area contributed by atoms with E-state index in [1.165, 1.54) is 29.0 Å². The summed E-state index contributed by atoms with van der Waals surface area (Å²) in [4.78, 5) is 35.5. The quantitative estimate of drug-likeness (QED) is 0.294. The van der Waals surface area contributed by atoms with Crippen molar-refractivity contribution >= 4 is 46.5 Å². The molecule has 6 rings (SSSR count). The number of carbonyl (C=O) groups excluding carboxylic acids is 2. The first-order valence-electron chi connectivity index (χ1n) is 14.2. The zero-order valence-corrected chi connectivity index (χ0v) is 24.3. The van der Waals surface area contributed by atoms with Crippen LogP contribution >= 0.6 is 23.2 Å². The number of nitrogens with zero attached hydrogens (tertiary/aromatic N) is 4. The number of hydrogen-bond donors (Lipinski definition) is 0. The molecule has 3 aromatic rings. The van der Waals surface area contributed by atoms with Gasteiger partial charge in [0.15, 0.2) is 0 Å². The highest BCUT2D eigenvalue weighted by molar-refractivity contribution is 6.39.